The van der Waals surface area contributed by atoms with E-state index < -0.39 is 0 Å². The molecule has 0 fully saturated rings. The van der Waals surface area contributed by atoms with E-state index in [9.17, 15) is 4.79 Å². The minimum atomic E-state index is -0.0916. The molecule has 0 aliphatic carbocycles. The second kappa shape index (κ2) is 8.36. The fourth-order valence-electron chi connectivity index (χ4n) is 1.02. The van der Waals surface area contributed by atoms with E-state index in [1.807, 2.05) is 6.92 Å². The average Bonchev–Trinajstić information content (AvgIpc) is 2.05. The molecule has 1 atom stereocenters. The molecule has 1 unspecified atom stereocenters. The highest BCUT2D eigenvalue weighted by Crippen LogP contribution is 2.05. The van der Waals surface area contributed by atoms with Gasteiger partial charge in [0.2, 0.25) is 0 Å². The first kappa shape index (κ1) is 12.8. The van der Waals surface area contributed by atoms with Crippen molar-refractivity contribution in [3.8, 4) is 0 Å². The van der Waals surface area contributed by atoms with Crippen molar-refractivity contribution in [2.45, 2.75) is 52.1 Å². The van der Waals surface area contributed by atoms with E-state index in [1.165, 1.54) is 0 Å². The van der Waals surface area contributed by atoms with Gasteiger partial charge >= 0.3 is 5.97 Å². The van der Waals surface area contributed by atoms with Crippen LogP contribution in [0.4, 0.5) is 0 Å². The number of esters is 1. The summed E-state index contributed by atoms with van der Waals surface area (Å²) in [5, 5.41) is 0. The largest absolute Gasteiger partial charge is 0.463 e. The predicted octanol–water partition coefficient (Wildman–Crippen LogP) is 3.13. The third-order valence-electron chi connectivity index (χ3n) is 1.83. The summed E-state index contributed by atoms with van der Waals surface area (Å²) in [6.45, 7) is 3.99. The van der Waals surface area contributed by atoms with Crippen LogP contribution in [0.15, 0.2) is 0 Å². The summed E-state index contributed by atoms with van der Waals surface area (Å²) in [5.41, 5.74) is 0. The minimum Gasteiger partial charge on any atom is -0.463 e. The van der Waals surface area contributed by atoms with Crippen molar-refractivity contribution < 1.29 is 9.53 Å². The maximum absolute atomic E-state index is 11.1. The van der Waals surface area contributed by atoms with Gasteiger partial charge in [0.15, 0.2) is 0 Å². The number of hydrogen-bond donors (Lipinski definition) is 0. The molecule has 0 bridgehead atoms. The highest BCUT2D eigenvalue weighted by Gasteiger charge is 2.07. The lowest BCUT2D eigenvalue weighted by molar-refractivity contribution is -0.148. The molecular weight excluding hydrogens is 188 g/mol. The SMILES string of the molecule is CCCCCC(=O)OC(C)CCCl. The van der Waals surface area contributed by atoms with Crippen molar-refractivity contribution in [3.05, 3.63) is 0 Å². The molecule has 0 heterocycles. The Hall–Kier alpha value is -0.240. The Labute approximate surface area is 85.6 Å². The lowest BCUT2D eigenvalue weighted by Crippen LogP contribution is -2.14. The Morgan fingerprint density at radius 3 is 2.69 bits per heavy atom. The molecule has 0 aliphatic heterocycles. The second-order valence-electron chi connectivity index (χ2n) is 3.24. The first-order valence-corrected chi connectivity index (χ1v) is 5.49. The van der Waals surface area contributed by atoms with E-state index in [-0.39, 0.29) is 12.1 Å². The van der Waals surface area contributed by atoms with Crippen LogP contribution in [0.1, 0.15) is 46.0 Å². The number of halogens is 1. The number of unbranched alkanes of at least 4 members (excludes halogenated alkanes) is 2. The minimum absolute atomic E-state index is 0.0355. The Morgan fingerprint density at radius 2 is 2.15 bits per heavy atom. The molecule has 13 heavy (non-hydrogen) atoms. The Balaban J connectivity index is 3.38. The molecule has 0 saturated carbocycles. The van der Waals surface area contributed by atoms with Crippen molar-refractivity contribution >= 4 is 17.6 Å². The third-order valence-corrected chi connectivity index (χ3v) is 2.05. The topological polar surface area (TPSA) is 26.3 Å². The highest BCUT2D eigenvalue weighted by molar-refractivity contribution is 6.17. The van der Waals surface area contributed by atoms with Crippen molar-refractivity contribution in [2.24, 2.45) is 0 Å². The van der Waals surface area contributed by atoms with Crippen molar-refractivity contribution in [3.63, 3.8) is 0 Å². The molecule has 0 aromatic heterocycles. The Kier molecular flexibility index (Phi) is 8.21. The number of hydrogen-bond acceptors (Lipinski definition) is 2. The molecule has 0 aromatic carbocycles. The van der Waals surface area contributed by atoms with Gasteiger partial charge in [0.25, 0.3) is 0 Å². The van der Waals surface area contributed by atoms with Gasteiger partial charge in [-0.25, -0.2) is 0 Å². The standard InChI is InChI=1S/C10H19ClO2/c1-3-4-5-6-10(12)13-9(2)7-8-11/h9H,3-8H2,1-2H3. The quantitative estimate of drug-likeness (QED) is 0.364. The normalized spacial score (nSPS) is 12.5. The van der Waals surface area contributed by atoms with Gasteiger partial charge in [-0.05, 0) is 19.8 Å². The van der Waals surface area contributed by atoms with Crippen molar-refractivity contribution in [1.29, 1.82) is 0 Å². The number of carbonyl (C=O) groups excluding carboxylic acids is 1. The first-order valence-electron chi connectivity index (χ1n) is 4.96. The van der Waals surface area contributed by atoms with Crippen LogP contribution < -0.4 is 0 Å². The molecule has 78 valence electrons. The fraction of sp³-hybridized carbons (Fsp3) is 0.900. The van der Waals surface area contributed by atoms with Crippen molar-refractivity contribution in [2.75, 3.05) is 5.88 Å². The smallest absolute Gasteiger partial charge is 0.306 e. The maximum Gasteiger partial charge on any atom is 0.306 e. The number of rotatable bonds is 7. The lowest BCUT2D eigenvalue weighted by atomic mass is 10.2. The van der Waals surface area contributed by atoms with Gasteiger partial charge in [-0.1, -0.05) is 19.8 Å². The summed E-state index contributed by atoms with van der Waals surface area (Å²) in [6, 6.07) is 0. The lowest BCUT2D eigenvalue weighted by Gasteiger charge is -2.11. The van der Waals surface area contributed by atoms with Gasteiger partial charge in [-0.2, -0.15) is 0 Å². The fourth-order valence-corrected chi connectivity index (χ4v) is 1.32. The van der Waals surface area contributed by atoms with Gasteiger partial charge < -0.3 is 4.74 Å². The van der Waals surface area contributed by atoms with Crippen LogP contribution in [0, 0.1) is 0 Å². The first-order chi connectivity index (χ1) is 6.20. The molecule has 0 spiro atoms. The van der Waals surface area contributed by atoms with Crippen molar-refractivity contribution in [1.82, 2.24) is 0 Å². The van der Waals surface area contributed by atoms with Crippen LogP contribution in [0.25, 0.3) is 0 Å². The molecule has 0 radical (unpaired) electrons. The zero-order valence-electron chi connectivity index (χ0n) is 8.51. The molecular formula is C10H19ClO2. The summed E-state index contributed by atoms with van der Waals surface area (Å²) in [5.74, 6) is 0.453. The summed E-state index contributed by atoms with van der Waals surface area (Å²) >= 11 is 5.52. The molecule has 2 nitrogen and oxygen atoms in total. The summed E-state index contributed by atoms with van der Waals surface area (Å²) in [7, 11) is 0. The predicted molar refractivity (Wildman–Crippen MR) is 55.0 cm³/mol. The van der Waals surface area contributed by atoms with E-state index in [0.29, 0.717) is 12.3 Å². The van der Waals surface area contributed by atoms with Crippen LogP contribution in [-0.4, -0.2) is 18.0 Å². The summed E-state index contributed by atoms with van der Waals surface area (Å²) < 4.78 is 5.11. The second-order valence-corrected chi connectivity index (χ2v) is 3.61. The molecule has 3 heteroatoms. The van der Waals surface area contributed by atoms with E-state index in [1.54, 1.807) is 0 Å². The van der Waals surface area contributed by atoms with Crippen LogP contribution >= 0.6 is 11.6 Å². The third kappa shape index (κ3) is 8.10. The van der Waals surface area contributed by atoms with Crippen LogP contribution in [-0.2, 0) is 9.53 Å². The zero-order valence-corrected chi connectivity index (χ0v) is 9.27. The molecule has 0 amide bonds. The number of carbonyl (C=O) groups is 1. The molecule has 0 aliphatic rings. The van der Waals surface area contributed by atoms with Crippen LogP contribution in [0.3, 0.4) is 0 Å². The van der Waals surface area contributed by atoms with Gasteiger partial charge in [0, 0.05) is 12.3 Å². The Bertz CT molecular complexity index is 137. The zero-order chi connectivity index (χ0) is 10.1. The van der Waals surface area contributed by atoms with E-state index >= 15 is 0 Å². The monoisotopic (exact) mass is 206 g/mol. The average molecular weight is 207 g/mol. The number of alkyl halides is 1. The van der Waals surface area contributed by atoms with E-state index in [2.05, 4.69) is 6.92 Å². The van der Waals surface area contributed by atoms with Crippen LogP contribution in [0.2, 0.25) is 0 Å². The van der Waals surface area contributed by atoms with Gasteiger partial charge in [-0.3, -0.25) is 4.79 Å². The molecule has 0 N–H and O–H groups in total. The molecule has 0 saturated heterocycles. The Morgan fingerprint density at radius 1 is 1.46 bits per heavy atom. The molecule has 0 rings (SSSR count). The highest BCUT2D eigenvalue weighted by atomic mass is 35.5. The van der Waals surface area contributed by atoms with Gasteiger partial charge in [0.1, 0.15) is 6.10 Å². The number of ether oxygens (including phenoxy) is 1. The maximum atomic E-state index is 11.1. The van der Waals surface area contributed by atoms with E-state index in [4.69, 9.17) is 16.3 Å². The summed E-state index contributed by atoms with van der Waals surface area (Å²) in [4.78, 5) is 11.1. The molecule has 0 aromatic rings. The van der Waals surface area contributed by atoms with E-state index in [0.717, 1.165) is 25.7 Å². The summed E-state index contributed by atoms with van der Waals surface area (Å²) in [6.07, 6.45) is 4.40. The van der Waals surface area contributed by atoms with Crippen LogP contribution in [0.5, 0.6) is 0 Å². The van der Waals surface area contributed by atoms with Gasteiger partial charge in [-0.15, -0.1) is 11.6 Å². The van der Waals surface area contributed by atoms with Gasteiger partial charge in [0.05, 0.1) is 0 Å².